The van der Waals surface area contributed by atoms with Gasteiger partial charge >= 0.3 is 6.18 Å². The minimum absolute atomic E-state index is 0.0249. The molecule has 6 heteroatoms. The van der Waals surface area contributed by atoms with Gasteiger partial charge in [0.1, 0.15) is 0 Å². The van der Waals surface area contributed by atoms with Gasteiger partial charge in [-0.1, -0.05) is 31.9 Å². The molecule has 1 aliphatic carbocycles. The van der Waals surface area contributed by atoms with E-state index in [-0.39, 0.29) is 18.5 Å². The van der Waals surface area contributed by atoms with Gasteiger partial charge < -0.3 is 5.32 Å². The van der Waals surface area contributed by atoms with Gasteiger partial charge in [0, 0.05) is 12.6 Å². The van der Waals surface area contributed by atoms with Gasteiger partial charge in [0.15, 0.2) is 0 Å². The Hall–Kier alpha value is -1.56. The highest BCUT2D eigenvalue weighted by molar-refractivity contribution is 5.78. The number of halogens is 3. The van der Waals surface area contributed by atoms with Gasteiger partial charge in [-0.2, -0.15) is 13.2 Å². The molecule has 1 amide bonds. The van der Waals surface area contributed by atoms with E-state index in [9.17, 15) is 18.0 Å². The lowest BCUT2D eigenvalue weighted by molar-refractivity contribution is -0.137. The number of carbonyl (C=O) groups excluding carboxylic acids is 1. The van der Waals surface area contributed by atoms with E-state index >= 15 is 0 Å². The number of carbonyl (C=O) groups is 1. The number of likely N-dealkylation sites (N-methyl/N-ethyl adjacent to an activating group) is 1. The summed E-state index contributed by atoms with van der Waals surface area (Å²) in [5.41, 5.74) is 0.0993. The summed E-state index contributed by atoms with van der Waals surface area (Å²) in [6, 6.07) is 5.31. The molecule has 0 bridgehead atoms. The SMILES string of the molecule is C[C@H]1CCCC[C@H]1NC(=O)CN(C)Cc1ccc(C(F)(F)F)cc1. The molecule has 0 aromatic heterocycles. The molecule has 1 aliphatic rings. The zero-order valence-electron chi connectivity index (χ0n) is 14.2. The summed E-state index contributed by atoms with van der Waals surface area (Å²) >= 11 is 0. The smallest absolute Gasteiger partial charge is 0.352 e. The van der Waals surface area contributed by atoms with Crippen molar-refractivity contribution < 1.29 is 18.0 Å². The highest BCUT2D eigenvalue weighted by Gasteiger charge is 2.30. The summed E-state index contributed by atoms with van der Waals surface area (Å²) in [5, 5.41) is 3.08. The molecule has 0 spiro atoms. The first kappa shape index (κ1) is 18.8. The first-order valence-corrected chi connectivity index (χ1v) is 8.40. The van der Waals surface area contributed by atoms with Crippen molar-refractivity contribution in [2.24, 2.45) is 5.92 Å². The average molecular weight is 342 g/mol. The van der Waals surface area contributed by atoms with Crippen LogP contribution in [0.2, 0.25) is 0 Å². The van der Waals surface area contributed by atoms with Crippen LogP contribution in [-0.4, -0.2) is 30.4 Å². The second-order valence-corrected chi connectivity index (χ2v) is 6.80. The van der Waals surface area contributed by atoms with Crippen molar-refractivity contribution in [2.45, 2.75) is 51.4 Å². The molecule has 24 heavy (non-hydrogen) atoms. The van der Waals surface area contributed by atoms with Crippen LogP contribution in [0.1, 0.15) is 43.7 Å². The van der Waals surface area contributed by atoms with Crippen molar-refractivity contribution in [3.05, 3.63) is 35.4 Å². The Morgan fingerprint density at radius 1 is 1.21 bits per heavy atom. The summed E-state index contributed by atoms with van der Waals surface area (Å²) < 4.78 is 37.6. The number of benzene rings is 1. The maximum Gasteiger partial charge on any atom is 0.416 e. The van der Waals surface area contributed by atoms with Crippen LogP contribution < -0.4 is 5.32 Å². The number of alkyl halides is 3. The van der Waals surface area contributed by atoms with Gasteiger partial charge in [0.2, 0.25) is 5.91 Å². The molecule has 0 heterocycles. The molecular formula is C18H25F3N2O. The second kappa shape index (κ2) is 8.01. The summed E-state index contributed by atoms with van der Waals surface area (Å²) in [7, 11) is 1.79. The van der Waals surface area contributed by atoms with Gasteiger partial charge in [0.25, 0.3) is 0 Å². The summed E-state index contributed by atoms with van der Waals surface area (Å²) in [6.45, 7) is 2.84. The highest BCUT2D eigenvalue weighted by Crippen LogP contribution is 2.29. The quantitative estimate of drug-likeness (QED) is 0.882. The Bertz CT molecular complexity index is 542. The Kier molecular flexibility index (Phi) is 6.27. The van der Waals surface area contributed by atoms with E-state index in [1.165, 1.54) is 18.6 Å². The number of rotatable bonds is 5. The Balaban J connectivity index is 1.81. The number of hydrogen-bond donors (Lipinski definition) is 1. The Morgan fingerprint density at radius 2 is 1.83 bits per heavy atom. The largest absolute Gasteiger partial charge is 0.416 e. The molecule has 0 saturated heterocycles. The van der Waals surface area contributed by atoms with Crippen LogP contribution in [-0.2, 0) is 17.5 Å². The number of nitrogens with one attached hydrogen (secondary N) is 1. The summed E-state index contributed by atoms with van der Waals surface area (Å²) in [4.78, 5) is 14.0. The van der Waals surface area contributed by atoms with Crippen molar-refractivity contribution in [1.29, 1.82) is 0 Å². The fraction of sp³-hybridized carbons (Fsp3) is 0.611. The zero-order valence-corrected chi connectivity index (χ0v) is 14.2. The Morgan fingerprint density at radius 3 is 2.42 bits per heavy atom. The monoisotopic (exact) mass is 342 g/mol. The molecule has 1 aromatic rings. The topological polar surface area (TPSA) is 32.3 Å². The molecule has 2 rings (SSSR count). The fourth-order valence-corrected chi connectivity index (χ4v) is 3.19. The van der Waals surface area contributed by atoms with Crippen molar-refractivity contribution in [1.82, 2.24) is 10.2 Å². The van der Waals surface area contributed by atoms with Crippen molar-refractivity contribution in [2.75, 3.05) is 13.6 Å². The van der Waals surface area contributed by atoms with Gasteiger partial charge in [-0.25, -0.2) is 0 Å². The molecule has 3 nitrogen and oxygen atoms in total. The molecule has 1 fully saturated rings. The van der Waals surface area contributed by atoms with Crippen LogP contribution in [0, 0.1) is 5.92 Å². The zero-order chi connectivity index (χ0) is 17.7. The van der Waals surface area contributed by atoms with Crippen LogP contribution in [0.5, 0.6) is 0 Å². The van der Waals surface area contributed by atoms with Crippen LogP contribution in [0.4, 0.5) is 13.2 Å². The van der Waals surface area contributed by atoms with Crippen molar-refractivity contribution in [3.63, 3.8) is 0 Å². The van der Waals surface area contributed by atoms with E-state index < -0.39 is 11.7 Å². The van der Waals surface area contributed by atoms with Crippen LogP contribution in [0.3, 0.4) is 0 Å². The van der Waals surface area contributed by atoms with E-state index in [0.29, 0.717) is 12.5 Å². The van der Waals surface area contributed by atoms with Crippen molar-refractivity contribution in [3.8, 4) is 0 Å². The van der Waals surface area contributed by atoms with E-state index in [2.05, 4.69) is 12.2 Å². The maximum absolute atomic E-state index is 12.5. The lowest BCUT2D eigenvalue weighted by Gasteiger charge is -2.30. The third-order valence-corrected chi connectivity index (χ3v) is 4.61. The molecule has 0 aliphatic heterocycles. The predicted molar refractivity (Wildman–Crippen MR) is 87.3 cm³/mol. The van der Waals surface area contributed by atoms with E-state index in [1.54, 1.807) is 7.05 Å². The number of hydrogen-bond acceptors (Lipinski definition) is 2. The maximum atomic E-state index is 12.5. The Labute approximate surface area is 141 Å². The van der Waals surface area contributed by atoms with Gasteiger partial charge in [-0.15, -0.1) is 0 Å². The third-order valence-electron chi connectivity index (χ3n) is 4.61. The van der Waals surface area contributed by atoms with E-state index in [0.717, 1.165) is 37.0 Å². The minimum atomic E-state index is -4.32. The standard InChI is InChI=1S/C18H25F3N2O/c1-13-5-3-4-6-16(13)22-17(24)12-23(2)11-14-7-9-15(10-8-14)18(19,20)21/h7-10,13,16H,3-6,11-12H2,1-2H3,(H,22,24)/t13-,16+/m0/s1. The van der Waals surface area contributed by atoms with E-state index in [4.69, 9.17) is 0 Å². The highest BCUT2D eigenvalue weighted by atomic mass is 19.4. The molecule has 1 aromatic carbocycles. The predicted octanol–water partition coefficient (Wildman–Crippen LogP) is 3.83. The lowest BCUT2D eigenvalue weighted by atomic mass is 9.86. The van der Waals surface area contributed by atoms with Crippen molar-refractivity contribution >= 4 is 5.91 Å². The van der Waals surface area contributed by atoms with Crippen LogP contribution in [0.15, 0.2) is 24.3 Å². The molecular weight excluding hydrogens is 317 g/mol. The second-order valence-electron chi connectivity index (χ2n) is 6.80. The number of nitrogens with zero attached hydrogens (tertiary/aromatic N) is 1. The number of amides is 1. The molecule has 0 unspecified atom stereocenters. The first-order chi connectivity index (χ1) is 11.3. The average Bonchev–Trinajstić information content (AvgIpc) is 2.49. The minimum Gasteiger partial charge on any atom is -0.352 e. The molecule has 0 radical (unpaired) electrons. The van der Waals surface area contributed by atoms with Gasteiger partial charge in [-0.3, -0.25) is 9.69 Å². The lowest BCUT2D eigenvalue weighted by Crippen LogP contribution is -2.44. The third kappa shape index (κ3) is 5.51. The van der Waals surface area contributed by atoms with Crippen LogP contribution >= 0.6 is 0 Å². The summed E-state index contributed by atoms with van der Waals surface area (Å²) in [6.07, 6.45) is 0.223. The van der Waals surface area contributed by atoms with Crippen LogP contribution in [0.25, 0.3) is 0 Å². The normalized spacial score (nSPS) is 21.8. The summed E-state index contributed by atoms with van der Waals surface area (Å²) in [5.74, 6) is 0.478. The molecule has 2 atom stereocenters. The van der Waals surface area contributed by atoms with Gasteiger partial charge in [-0.05, 0) is 43.5 Å². The molecule has 1 N–H and O–H groups in total. The molecule has 134 valence electrons. The van der Waals surface area contributed by atoms with Gasteiger partial charge in [0.05, 0.1) is 12.1 Å². The van der Waals surface area contributed by atoms with E-state index in [1.807, 2.05) is 4.90 Å². The first-order valence-electron chi connectivity index (χ1n) is 8.40. The molecule has 1 saturated carbocycles. The fourth-order valence-electron chi connectivity index (χ4n) is 3.19.